The van der Waals surface area contributed by atoms with Crippen LogP contribution in [0.5, 0.6) is 0 Å². The molecule has 238 valence electrons. The number of hydrogen-bond donors (Lipinski definition) is 0. The Morgan fingerprint density at radius 3 is 2.00 bits per heavy atom. The lowest BCUT2D eigenvalue weighted by atomic mass is 9.85. The van der Waals surface area contributed by atoms with E-state index in [1.165, 1.54) is 49.7 Å². The number of guanidine groups is 1. The summed E-state index contributed by atoms with van der Waals surface area (Å²) < 4.78 is 2.45. The molecule has 0 N–H and O–H groups in total. The van der Waals surface area contributed by atoms with Gasteiger partial charge in [-0.3, -0.25) is 0 Å². The highest BCUT2D eigenvalue weighted by atomic mass is 15.3. The van der Waals surface area contributed by atoms with Crippen LogP contribution in [0.4, 0.5) is 5.69 Å². The number of anilines is 1. The summed E-state index contributed by atoms with van der Waals surface area (Å²) in [6.07, 6.45) is 9.84. The maximum Gasteiger partial charge on any atom is 0.226 e. The molecule has 0 saturated heterocycles. The van der Waals surface area contributed by atoms with Crippen LogP contribution in [0, 0.1) is 0 Å². The van der Waals surface area contributed by atoms with Gasteiger partial charge in [0.15, 0.2) is 0 Å². The van der Waals surface area contributed by atoms with E-state index in [4.69, 9.17) is 9.98 Å². The molecular formula is C46H34N4. The summed E-state index contributed by atoms with van der Waals surface area (Å²) >= 11 is 0. The highest BCUT2D eigenvalue weighted by molar-refractivity contribution is 6.21. The van der Waals surface area contributed by atoms with Crippen LogP contribution in [0.1, 0.15) is 35.1 Å². The number of aliphatic imine (C=N–C) groups is 2. The molecule has 3 atom stereocenters. The van der Waals surface area contributed by atoms with E-state index in [1.54, 1.807) is 0 Å². The number of para-hydroxylation sites is 2. The lowest BCUT2D eigenvalue weighted by Crippen LogP contribution is -2.39. The Bertz CT molecular complexity index is 2510. The maximum absolute atomic E-state index is 5.55. The van der Waals surface area contributed by atoms with Crippen LogP contribution in [-0.2, 0) is 0 Å². The van der Waals surface area contributed by atoms with Crippen LogP contribution in [0.25, 0.3) is 38.6 Å². The molecule has 0 fully saturated rings. The predicted octanol–water partition coefficient (Wildman–Crippen LogP) is 10.8. The molecule has 0 radical (unpaired) electrons. The van der Waals surface area contributed by atoms with Crippen molar-refractivity contribution < 1.29 is 0 Å². The van der Waals surface area contributed by atoms with Crippen molar-refractivity contribution in [3.8, 4) is 16.8 Å². The molecule has 0 amide bonds. The van der Waals surface area contributed by atoms with Gasteiger partial charge in [0.2, 0.25) is 5.96 Å². The fourth-order valence-electron chi connectivity index (χ4n) is 8.26. The number of rotatable bonds is 4. The Morgan fingerprint density at radius 1 is 0.600 bits per heavy atom. The highest BCUT2D eigenvalue weighted by Crippen LogP contribution is 2.54. The van der Waals surface area contributed by atoms with E-state index in [-0.39, 0.29) is 18.0 Å². The molecule has 3 heterocycles. The Kier molecular flexibility index (Phi) is 6.73. The summed E-state index contributed by atoms with van der Waals surface area (Å²) in [5.41, 5.74) is 11.9. The molecular weight excluding hydrogens is 609 g/mol. The number of aromatic nitrogens is 1. The van der Waals surface area contributed by atoms with Gasteiger partial charge in [0.05, 0.1) is 34.5 Å². The highest BCUT2D eigenvalue weighted by Gasteiger charge is 2.44. The summed E-state index contributed by atoms with van der Waals surface area (Å²) in [6.45, 7) is 0. The van der Waals surface area contributed by atoms with Crippen molar-refractivity contribution in [1.82, 2.24) is 4.57 Å². The van der Waals surface area contributed by atoms with E-state index in [0.717, 1.165) is 29.3 Å². The van der Waals surface area contributed by atoms with E-state index in [1.807, 2.05) is 0 Å². The third-order valence-corrected chi connectivity index (χ3v) is 10.4. The minimum absolute atomic E-state index is 0.0133. The zero-order chi connectivity index (χ0) is 33.0. The minimum Gasteiger partial charge on any atom is -0.307 e. The van der Waals surface area contributed by atoms with Crippen molar-refractivity contribution in [2.45, 2.75) is 24.4 Å². The van der Waals surface area contributed by atoms with Crippen molar-refractivity contribution in [2.24, 2.45) is 9.98 Å². The van der Waals surface area contributed by atoms with Gasteiger partial charge in [-0.2, -0.15) is 0 Å². The monoisotopic (exact) mass is 642 g/mol. The summed E-state index contributed by atoms with van der Waals surface area (Å²) in [6, 6.07) is 54.2. The van der Waals surface area contributed by atoms with Gasteiger partial charge in [-0.1, -0.05) is 152 Å². The largest absolute Gasteiger partial charge is 0.307 e. The summed E-state index contributed by atoms with van der Waals surface area (Å²) in [4.78, 5) is 13.5. The second-order valence-corrected chi connectivity index (χ2v) is 13.3. The molecule has 2 aliphatic heterocycles. The molecule has 10 rings (SSSR count). The predicted molar refractivity (Wildman–Crippen MR) is 208 cm³/mol. The number of fused-ring (bicyclic) bond motifs is 7. The fourth-order valence-corrected chi connectivity index (χ4v) is 8.26. The van der Waals surface area contributed by atoms with Gasteiger partial charge in [0, 0.05) is 28.8 Å². The lowest BCUT2D eigenvalue weighted by Gasteiger charge is -2.31. The lowest BCUT2D eigenvalue weighted by molar-refractivity contribution is 0.718. The number of hydrogen-bond acceptors (Lipinski definition) is 3. The molecule has 0 bridgehead atoms. The normalized spacial score (nSPS) is 19.4. The van der Waals surface area contributed by atoms with Crippen LogP contribution >= 0.6 is 0 Å². The maximum atomic E-state index is 5.55. The number of nitrogens with zero attached hydrogens (tertiary/aromatic N) is 4. The molecule has 0 spiro atoms. The first kappa shape index (κ1) is 28.7. The number of allylic oxidation sites excluding steroid dienone is 2. The first-order valence-electron chi connectivity index (χ1n) is 17.4. The van der Waals surface area contributed by atoms with Crippen molar-refractivity contribution in [3.63, 3.8) is 0 Å². The van der Waals surface area contributed by atoms with Crippen LogP contribution in [0.3, 0.4) is 0 Å². The fraction of sp³-hybridized carbons (Fsp3) is 0.0870. The molecule has 3 aliphatic rings. The Hall–Kier alpha value is -6.26. The zero-order valence-electron chi connectivity index (χ0n) is 27.5. The third kappa shape index (κ3) is 4.52. The second kappa shape index (κ2) is 11.7. The third-order valence-electron chi connectivity index (χ3n) is 10.4. The van der Waals surface area contributed by atoms with Gasteiger partial charge < -0.3 is 9.47 Å². The minimum atomic E-state index is -0.0581. The SMILES string of the molecule is C1=CC2c3c(-c4ccccc4)cc4c5ccccc5n(-c5ccccc5)c4c3N(C3=NC(c4ccccc4)CC(c4ccccc4)=N3)[C@@H]2C=C1. The smallest absolute Gasteiger partial charge is 0.226 e. The molecule has 0 saturated carbocycles. The molecule has 4 nitrogen and oxygen atoms in total. The van der Waals surface area contributed by atoms with Gasteiger partial charge in [-0.25, -0.2) is 9.98 Å². The van der Waals surface area contributed by atoms with Crippen molar-refractivity contribution in [2.75, 3.05) is 4.90 Å². The first-order chi connectivity index (χ1) is 24.8. The molecule has 50 heavy (non-hydrogen) atoms. The standard InChI is InChI=1S/C46H34N4/c1-5-17-31(18-6-1)37-29-38-35-25-13-15-27-41(35)49(34-23-11-4-12-24-34)44(38)45-43(37)36-26-14-16-28-42(36)50(45)46-47-39(32-19-7-2-8-20-32)30-40(48-46)33-21-9-3-10-22-33/h1-29,36,39,42H,30H2/t36?,39?,42-/m1/s1. The van der Waals surface area contributed by atoms with Crippen molar-refractivity contribution in [3.05, 3.63) is 193 Å². The molecule has 6 aromatic carbocycles. The molecule has 7 aromatic rings. The van der Waals surface area contributed by atoms with Crippen LogP contribution in [-0.4, -0.2) is 22.3 Å². The summed E-state index contributed by atoms with van der Waals surface area (Å²) in [5, 5.41) is 2.45. The Labute approximate surface area is 291 Å². The average Bonchev–Trinajstić information content (AvgIpc) is 3.72. The van der Waals surface area contributed by atoms with Crippen molar-refractivity contribution in [1.29, 1.82) is 0 Å². The van der Waals surface area contributed by atoms with Crippen molar-refractivity contribution >= 4 is 39.2 Å². The Balaban J connectivity index is 1.33. The quantitative estimate of drug-likeness (QED) is 0.188. The summed E-state index contributed by atoms with van der Waals surface area (Å²) in [7, 11) is 0. The first-order valence-corrected chi connectivity index (χ1v) is 17.4. The van der Waals surface area contributed by atoms with E-state index >= 15 is 0 Å². The Morgan fingerprint density at radius 2 is 1.24 bits per heavy atom. The van der Waals surface area contributed by atoms with Crippen LogP contribution in [0.15, 0.2) is 186 Å². The molecule has 1 aromatic heterocycles. The van der Waals surface area contributed by atoms with Gasteiger partial charge in [0.1, 0.15) is 0 Å². The molecule has 4 heteroatoms. The van der Waals surface area contributed by atoms with Gasteiger partial charge in [-0.05, 0) is 52.1 Å². The van der Waals surface area contributed by atoms with Gasteiger partial charge in [0.25, 0.3) is 0 Å². The topological polar surface area (TPSA) is 32.9 Å². The van der Waals surface area contributed by atoms with Gasteiger partial charge >= 0.3 is 0 Å². The number of benzene rings is 6. The van der Waals surface area contributed by atoms with E-state index in [9.17, 15) is 0 Å². The zero-order valence-corrected chi connectivity index (χ0v) is 27.5. The van der Waals surface area contributed by atoms with Crippen LogP contribution in [0.2, 0.25) is 0 Å². The second-order valence-electron chi connectivity index (χ2n) is 13.3. The van der Waals surface area contributed by atoms with Crippen LogP contribution < -0.4 is 4.90 Å². The van der Waals surface area contributed by atoms with E-state index in [2.05, 4.69) is 185 Å². The molecule has 2 unspecified atom stereocenters. The summed E-state index contributed by atoms with van der Waals surface area (Å²) in [5.74, 6) is 0.876. The van der Waals surface area contributed by atoms with E-state index < -0.39 is 0 Å². The van der Waals surface area contributed by atoms with Gasteiger partial charge in [-0.15, -0.1) is 0 Å². The molecule has 1 aliphatic carbocycles. The van der Waals surface area contributed by atoms with E-state index in [0.29, 0.717) is 0 Å². The average molecular weight is 643 g/mol.